The summed E-state index contributed by atoms with van der Waals surface area (Å²) < 4.78 is 4.95. The van der Waals surface area contributed by atoms with E-state index in [1.807, 2.05) is 6.92 Å². The quantitative estimate of drug-likeness (QED) is 0.677. The summed E-state index contributed by atoms with van der Waals surface area (Å²) in [5.41, 5.74) is -0.630. The van der Waals surface area contributed by atoms with Crippen LogP contribution < -0.4 is 5.32 Å². The smallest absolute Gasteiger partial charge is 0.0765 e. The van der Waals surface area contributed by atoms with E-state index >= 15 is 0 Å². The van der Waals surface area contributed by atoms with Gasteiger partial charge in [-0.05, 0) is 25.7 Å². The van der Waals surface area contributed by atoms with Gasteiger partial charge in [0.1, 0.15) is 0 Å². The van der Waals surface area contributed by atoms with Crippen LogP contribution >= 0.6 is 0 Å². The Labute approximate surface area is 86.8 Å². The topological polar surface area (TPSA) is 41.5 Å². The summed E-state index contributed by atoms with van der Waals surface area (Å²) >= 11 is 0. The zero-order chi connectivity index (χ0) is 10.6. The second-order valence-corrected chi connectivity index (χ2v) is 4.89. The highest BCUT2D eigenvalue weighted by Crippen LogP contribution is 2.26. The van der Waals surface area contributed by atoms with E-state index in [1.54, 1.807) is 7.11 Å². The molecule has 1 fully saturated rings. The molecule has 1 atom stereocenters. The largest absolute Gasteiger partial charge is 0.389 e. The van der Waals surface area contributed by atoms with Crippen molar-refractivity contribution in [1.29, 1.82) is 0 Å². The highest BCUT2D eigenvalue weighted by Gasteiger charge is 2.27. The number of aliphatic hydroxyl groups is 1. The Bertz CT molecular complexity index is 165. The number of hydrogen-bond acceptors (Lipinski definition) is 3. The fourth-order valence-corrected chi connectivity index (χ4v) is 1.84. The lowest BCUT2D eigenvalue weighted by atomic mass is 9.81. The van der Waals surface area contributed by atoms with Crippen LogP contribution in [0.15, 0.2) is 0 Å². The van der Waals surface area contributed by atoms with Crippen molar-refractivity contribution < 1.29 is 9.84 Å². The molecule has 1 rings (SSSR count). The number of nitrogens with one attached hydrogen (secondary N) is 1. The Morgan fingerprint density at radius 2 is 2.14 bits per heavy atom. The lowest BCUT2D eigenvalue weighted by molar-refractivity contribution is 0.0185. The molecule has 0 radical (unpaired) electrons. The van der Waals surface area contributed by atoms with Crippen LogP contribution in [0.25, 0.3) is 0 Å². The maximum Gasteiger partial charge on any atom is 0.0765 e. The molecule has 0 spiro atoms. The first-order chi connectivity index (χ1) is 6.53. The van der Waals surface area contributed by atoms with Crippen LogP contribution in [0.4, 0.5) is 0 Å². The van der Waals surface area contributed by atoms with Crippen molar-refractivity contribution in [3.63, 3.8) is 0 Å². The molecule has 3 nitrogen and oxygen atoms in total. The van der Waals surface area contributed by atoms with Gasteiger partial charge in [-0.1, -0.05) is 6.92 Å². The van der Waals surface area contributed by atoms with E-state index in [2.05, 4.69) is 12.2 Å². The predicted molar refractivity (Wildman–Crippen MR) is 57.3 cm³/mol. The molecule has 0 aromatic heterocycles. The monoisotopic (exact) mass is 201 g/mol. The van der Waals surface area contributed by atoms with Gasteiger partial charge in [0.15, 0.2) is 0 Å². The Hall–Kier alpha value is -0.120. The van der Waals surface area contributed by atoms with Crippen LogP contribution in [0.2, 0.25) is 0 Å². The molecule has 0 heterocycles. The molecule has 1 aliphatic rings. The van der Waals surface area contributed by atoms with Crippen LogP contribution in [0.3, 0.4) is 0 Å². The average molecular weight is 201 g/mol. The van der Waals surface area contributed by atoms with E-state index in [4.69, 9.17) is 4.74 Å². The molecule has 0 aromatic carbocycles. The van der Waals surface area contributed by atoms with Crippen LogP contribution in [-0.4, -0.2) is 37.0 Å². The Kier molecular flexibility index (Phi) is 4.35. The zero-order valence-corrected chi connectivity index (χ0v) is 9.55. The Morgan fingerprint density at radius 3 is 2.64 bits per heavy atom. The number of ether oxygens (including phenoxy) is 1. The molecule has 0 saturated heterocycles. The highest BCUT2D eigenvalue weighted by molar-refractivity contribution is 4.85. The van der Waals surface area contributed by atoms with Gasteiger partial charge in [-0.3, -0.25) is 0 Å². The molecule has 14 heavy (non-hydrogen) atoms. The molecule has 84 valence electrons. The van der Waals surface area contributed by atoms with Gasteiger partial charge >= 0.3 is 0 Å². The van der Waals surface area contributed by atoms with Gasteiger partial charge in [-0.25, -0.2) is 0 Å². The van der Waals surface area contributed by atoms with Gasteiger partial charge < -0.3 is 15.2 Å². The number of rotatable bonds is 6. The van der Waals surface area contributed by atoms with E-state index in [0.717, 1.165) is 5.92 Å². The van der Waals surface area contributed by atoms with Gasteiger partial charge in [-0.15, -0.1) is 0 Å². The summed E-state index contributed by atoms with van der Waals surface area (Å²) in [6.07, 6.45) is 3.19. The third-order valence-corrected chi connectivity index (χ3v) is 2.99. The fourth-order valence-electron chi connectivity index (χ4n) is 1.84. The third-order valence-electron chi connectivity index (χ3n) is 2.99. The second-order valence-electron chi connectivity index (χ2n) is 4.89. The van der Waals surface area contributed by atoms with Gasteiger partial charge in [-0.2, -0.15) is 0 Å². The molecule has 2 N–H and O–H groups in total. The number of hydrogen-bond donors (Lipinski definition) is 2. The third kappa shape index (κ3) is 3.95. The van der Waals surface area contributed by atoms with Crippen LogP contribution in [0.5, 0.6) is 0 Å². The molecule has 0 aliphatic heterocycles. The minimum Gasteiger partial charge on any atom is -0.389 e. The number of methoxy groups -OCH3 is 1. The standard InChI is InChI=1S/C11H23NO2/c1-9-6-10(7-9)12-8-11(2,13)4-5-14-3/h9-10,12-13H,4-8H2,1-3H3. The molecule has 0 amide bonds. The lowest BCUT2D eigenvalue weighted by Gasteiger charge is -2.36. The van der Waals surface area contributed by atoms with Gasteiger partial charge in [0.2, 0.25) is 0 Å². The summed E-state index contributed by atoms with van der Waals surface area (Å²) in [6, 6.07) is 0.624. The minimum atomic E-state index is -0.630. The molecule has 1 aliphatic carbocycles. The summed E-state index contributed by atoms with van der Waals surface area (Å²) in [6.45, 7) is 5.42. The Balaban J connectivity index is 2.09. The Morgan fingerprint density at radius 1 is 1.50 bits per heavy atom. The van der Waals surface area contributed by atoms with Crippen molar-refractivity contribution in [3.8, 4) is 0 Å². The fraction of sp³-hybridized carbons (Fsp3) is 1.00. The van der Waals surface area contributed by atoms with E-state index < -0.39 is 5.60 Å². The first-order valence-corrected chi connectivity index (χ1v) is 5.48. The minimum absolute atomic E-state index is 0.621. The summed E-state index contributed by atoms with van der Waals surface area (Å²) in [4.78, 5) is 0. The molecule has 1 unspecified atom stereocenters. The molecule has 1 saturated carbocycles. The SMILES string of the molecule is COCCC(C)(O)CNC1CC(C)C1. The van der Waals surface area contributed by atoms with Crippen molar-refractivity contribution in [2.75, 3.05) is 20.3 Å². The second kappa shape index (κ2) is 5.10. The van der Waals surface area contributed by atoms with Gasteiger partial charge in [0.05, 0.1) is 5.60 Å². The van der Waals surface area contributed by atoms with Gasteiger partial charge in [0.25, 0.3) is 0 Å². The summed E-state index contributed by atoms with van der Waals surface area (Å²) in [5, 5.41) is 13.3. The first kappa shape index (κ1) is 12.0. The lowest BCUT2D eigenvalue weighted by Crippen LogP contribution is -2.47. The average Bonchev–Trinajstić information content (AvgIpc) is 2.07. The molecular weight excluding hydrogens is 178 g/mol. The summed E-state index contributed by atoms with van der Waals surface area (Å²) in [7, 11) is 1.66. The van der Waals surface area contributed by atoms with Crippen molar-refractivity contribution in [2.24, 2.45) is 5.92 Å². The highest BCUT2D eigenvalue weighted by atomic mass is 16.5. The van der Waals surface area contributed by atoms with E-state index in [-0.39, 0.29) is 0 Å². The summed E-state index contributed by atoms with van der Waals surface area (Å²) in [5.74, 6) is 0.858. The van der Waals surface area contributed by atoms with E-state index in [1.165, 1.54) is 12.8 Å². The van der Waals surface area contributed by atoms with E-state index in [9.17, 15) is 5.11 Å². The van der Waals surface area contributed by atoms with Crippen molar-refractivity contribution in [1.82, 2.24) is 5.32 Å². The maximum atomic E-state index is 9.94. The molecular formula is C11H23NO2. The molecule has 0 aromatic rings. The maximum absolute atomic E-state index is 9.94. The van der Waals surface area contributed by atoms with Crippen LogP contribution in [0.1, 0.15) is 33.1 Å². The first-order valence-electron chi connectivity index (χ1n) is 5.48. The normalized spacial score (nSPS) is 30.9. The van der Waals surface area contributed by atoms with Crippen molar-refractivity contribution in [3.05, 3.63) is 0 Å². The molecule has 0 bridgehead atoms. The van der Waals surface area contributed by atoms with E-state index in [0.29, 0.717) is 25.6 Å². The predicted octanol–water partition coefficient (Wildman–Crippen LogP) is 1.16. The van der Waals surface area contributed by atoms with Gasteiger partial charge in [0, 0.05) is 32.7 Å². The van der Waals surface area contributed by atoms with Crippen LogP contribution in [-0.2, 0) is 4.74 Å². The zero-order valence-electron chi connectivity index (χ0n) is 9.55. The van der Waals surface area contributed by atoms with Crippen molar-refractivity contribution >= 4 is 0 Å². The van der Waals surface area contributed by atoms with Crippen LogP contribution in [0, 0.1) is 5.92 Å². The molecule has 3 heteroatoms. The van der Waals surface area contributed by atoms with Crippen molar-refractivity contribution in [2.45, 2.75) is 44.8 Å².